The molecule has 0 aromatic heterocycles. The third kappa shape index (κ3) is 4.45. The van der Waals surface area contributed by atoms with Crippen LogP contribution < -0.4 is 0 Å². The predicted octanol–water partition coefficient (Wildman–Crippen LogP) is 1.49. The Balaban J connectivity index is 2.83. The zero-order valence-corrected chi connectivity index (χ0v) is 5.63. The minimum atomic E-state index is 0.218. The highest BCUT2D eigenvalue weighted by molar-refractivity contribution is 8.57. The molecule has 0 radical (unpaired) electrons. The first-order valence-corrected chi connectivity index (χ1v) is 4.65. The topological polar surface area (TPSA) is 17.1 Å². The summed E-state index contributed by atoms with van der Waals surface area (Å²) in [6.45, 7) is 3.58. The van der Waals surface area contributed by atoms with Gasteiger partial charge in [-0.25, -0.2) is 0 Å². The molecule has 0 aliphatic carbocycles. The van der Waals surface area contributed by atoms with E-state index in [1.54, 1.807) is 6.92 Å². The van der Waals surface area contributed by atoms with Gasteiger partial charge in [-0.1, -0.05) is 19.2 Å². The summed E-state index contributed by atoms with van der Waals surface area (Å²) in [6, 6.07) is 0. The van der Waals surface area contributed by atoms with Gasteiger partial charge in [-0.2, -0.15) is 0 Å². The van der Waals surface area contributed by atoms with E-state index in [9.17, 15) is 4.79 Å². The molecule has 0 saturated heterocycles. The van der Waals surface area contributed by atoms with Gasteiger partial charge in [-0.15, -0.1) is 0 Å². The SMILES string of the molecule is CPSC(C)=O. The molecule has 0 aromatic rings. The Morgan fingerprint density at radius 3 is 2.33 bits per heavy atom. The van der Waals surface area contributed by atoms with Crippen LogP contribution in [0.2, 0.25) is 0 Å². The summed E-state index contributed by atoms with van der Waals surface area (Å²) in [7, 11) is 0.705. The molecule has 0 rings (SSSR count). The third-order valence-corrected chi connectivity index (χ3v) is 2.21. The molecule has 0 aromatic carbocycles. The highest BCUT2D eigenvalue weighted by Gasteiger charge is 1.84. The zero-order valence-electron chi connectivity index (χ0n) is 3.82. The fraction of sp³-hybridized carbons (Fsp3) is 0.667. The van der Waals surface area contributed by atoms with Gasteiger partial charge in [-0.05, 0) is 6.66 Å². The zero-order chi connectivity index (χ0) is 4.99. The highest BCUT2D eigenvalue weighted by Crippen LogP contribution is 2.24. The highest BCUT2D eigenvalue weighted by atomic mass is 32.7. The molecule has 0 amide bonds. The number of carbonyl (C=O) groups excluding carboxylic acids is 1. The molecule has 0 aliphatic heterocycles. The normalized spacial score (nSPS) is 10.3. The van der Waals surface area contributed by atoms with Crippen molar-refractivity contribution in [3.63, 3.8) is 0 Å². The van der Waals surface area contributed by atoms with E-state index in [0.717, 1.165) is 0 Å². The molecule has 0 aliphatic rings. The number of hydrogen-bond donors (Lipinski definition) is 0. The molecule has 1 unspecified atom stereocenters. The van der Waals surface area contributed by atoms with Crippen LogP contribution in [0.3, 0.4) is 0 Å². The molecule has 3 heteroatoms. The van der Waals surface area contributed by atoms with E-state index < -0.39 is 0 Å². The van der Waals surface area contributed by atoms with Crippen LogP contribution in [0.4, 0.5) is 0 Å². The van der Waals surface area contributed by atoms with Gasteiger partial charge in [0.25, 0.3) is 0 Å². The summed E-state index contributed by atoms with van der Waals surface area (Å²) < 4.78 is 0. The van der Waals surface area contributed by atoms with E-state index in [0.29, 0.717) is 7.78 Å². The minimum Gasteiger partial charge on any atom is -0.287 e. The first kappa shape index (κ1) is 6.45. The van der Waals surface area contributed by atoms with E-state index >= 15 is 0 Å². The number of rotatable bonds is 1. The lowest BCUT2D eigenvalue weighted by Gasteiger charge is -1.81. The fourth-order valence-corrected chi connectivity index (χ4v) is 1.29. The van der Waals surface area contributed by atoms with Crippen molar-refractivity contribution in [2.75, 3.05) is 6.66 Å². The van der Waals surface area contributed by atoms with E-state index in [1.165, 1.54) is 11.4 Å². The van der Waals surface area contributed by atoms with E-state index in [4.69, 9.17) is 0 Å². The Morgan fingerprint density at radius 1 is 1.83 bits per heavy atom. The van der Waals surface area contributed by atoms with Gasteiger partial charge in [0.2, 0.25) is 0 Å². The maximum absolute atomic E-state index is 10.0. The lowest BCUT2D eigenvalue weighted by Crippen LogP contribution is -1.70. The van der Waals surface area contributed by atoms with Crippen molar-refractivity contribution in [1.82, 2.24) is 0 Å². The van der Waals surface area contributed by atoms with Gasteiger partial charge in [0, 0.05) is 6.92 Å². The van der Waals surface area contributed by atoms with Gasteiger partial charge in [0.1, 0.15) is 0 Å². The van der Waals surface area contributed by atoms with Crippen molar-refractivity contribution in [2.45, 2.75) is 6.92 Å². The molecular formula is C3H7OPS. The Morgan fingerprint density at radius 2 is 2.33 bits per heavy atom. The monoisotopic (exact) mass is 122 g/mol. The summed E-state index contributed by atoms with van der Waals surface area (Å²) >= 11 is 1.37. The quantitative estimate of drug-likeness (QED) is 0.490. The largest absolute Gasteiger partial charge is 0.287 e. The van der Waals surface area contributed by atoms with Gasteiger partial charge >= 0.3 is 0 Å². The standard InChI is InChI=1S/C3H7OPS/c1-3(4)6-5-2/h5H,1-2H3. The van der Waals surface area contributed by atoms with Gasteiger partial charge in [-0.3, -0.25) is 4.79 Å². The van der Waals surface area contributed by atoms with Crippen LogP contribution in [0.15, 0.2) is 0 Å². The van der Waals surface area contributed by atoms with Crippen LogP contribution in [-0.4, -0.2) is 11.8 Å². The maximum atomic E-state index is 10.0. The minimum absolute atomic E-state index is 0.218. The first-order valence-electron chi connectivity index (χ1n) is 1.61. The summed E-state index contributed by atoms with van der Waals surface area (Å²) in [6.07, 6.45) is 0. The summed E-state index contributed by atoms with van der Waals surface area (Å²) in [5, 5.41) is 0.218. The van der Waals surface area contributed by atoms with Crippen molar-refractivity contribution in [1.29, 1.82) is 0 Å². The van der Waals surface area contributed by atoms with Crippen LogP contribution in [-0.2, 0) is 4.79 Å². The lowest BCUT2D eigenvalue weighted by molar-refractivity contribution is -0.109. The molecule has 0 bridgehead atoms. The van der Waals surface area contributed by atoms with Crippen molar-refractivity contribution in [3.8, 4) is 0 Å². The molecule has 1 nitrogen and oxygen atoms in total. The molecule has 0 fully saturated rings. The predicted molar refractivity (Wildman–Crippen MR) is 32.5 cm³/mol. The molecule has 1 atom stereocenters. The molecule has 0 spiro atoms. The van der Waals surface area contributed by atoms with E-state index in [2.05, 4.69) is 0 Å². The van der Waals surface area contributed by atoms with Crippen molar-refractivity contribution in [3.05, 3.63) is 0 Å². The Bertz CT molecular complexity index is 54.8. The Hall–Kier alpha value is 0.450. The lowest BCUT2D eigenvalue weighted by atomic mass is 10.9. The third-order valence-electron chi connectivity index (χ3n) is 0.246. The van der Waals surface area contributed by atoms with Crippen molar-refractivity contribution < 1.29 is 4.79 Å². The molecule has 0 saturated carbocycles. The van der Waals surface area contributed by atoms with Crippen LogP contribution in [0.5, 0.6) is 0 Å². The Labute approximate surface area is 43.4 Å². The first-order chi connectivity index (χ1) is 2.77. The second kappa shape index (κ2) is 3.63. The van der Waals surface area contributed by atoms with Gasteiger partial charge < -0.3 is 0 Å². The van der Waals surface area contributed by atoms with E-state index in [1.807, 2.05) is 6.66 Å². The van der Waals surface area contributed by atoms with Crippen molar-refractivity contribution >= 4 is 24.3 Å². The average molecular weight is 122 g/mol. The van der Waals surface area contributed by atoms with Crippen molar-refractivity contribution in [2.24, 2.45) is 0 Å². The van der Waals surface area contributed by atoms with Gasteiger partial charge in [0.05, 0.1) is 0 Å². The molecule has 0 heterocycles. The van der Waals surface area contributed by atoms with Crippen LogP contribution in [0.1, 0.15) is 6.92 Å². The molecule has 6 heavy (non-hydrogen) atoms. The van der Waals surface area contributed by atoms with Crippen LogP contribution in [0, 0.1) is 0 Å². The molecule has 0 N–H and O–H groups in total. The molecular weight excluding hydrogens is 115 g/mol. The van der Waals surface area contributed by atoms with Gasteiger partial charge in [0.15, 0.2) is 5.12 Å². The number of hydrogen-bond acceptors (Lipinski definition) is 2. The second-order valence-corrected chi connectivity index (χ2v) is 3.82. The summed E-state index contributed by atoms with van der Waals surface area (Å²) in [4.78, 5) is 10.0. The summed E-state index contributed by atoms with van der Waals surface area (Å²) in [5.41, 5.74) is 0. The summed E-state index contributed by atoms with van der Waals surface area (Å²) in [5.74, 6) is 0. The van der Waals surface area contributed by atoms with E-state index in [-0.39, 0.29) is 5.12 Å². The number of carbonyl (C=O) groups is 1. The van der Waals surface area contributed by atoms with Crippen LogP contribution in [0.25, 0.3) is 0 Å². The Kier molecular flexibility index (Phi) is 3.91. The fourth-order valence-electron chi connectivity index (χ4n) is 0.144. The second-order valence-electron chi connectivity index (χ2n) is 0.798. The van der Waals surface area contributed by atoms with Crippen LogP contribution >= 0.6 is 19.2 Å². The smallest absolute Gasteiger partial charge is 0.189 e. The maximum Gasteiger partial charge on any atom is 0.189 e. The average Bonchev–Trinajstić information content (AvgIpc) is 1.35. The molecule has 36 valence electrons.